The van der Waals surface area contributed by atoms with Crippen molar-refractivity contribution in [2.75, 3.05) is 38.1 Å². The first kappa shape index (κ1) is 17.5. The quantitative estimate of drug-likeness (QED) is 0.710. The lowest BCUT2D eigenvalue weighted by molar-refractivity contribution is -0.132. The molecule has 1 N–H and O–H groups in total. The fourth-order valence-electron chi connectivity index (χ4n) is 2.34. The van der Waals surface area contributed by atoms with Crippen LogP contribution in [0.5, 0.6) is 0 Å². The number of likely N-dealkylation sites (N-methyl/N-ethyl adjacent to an activating group) is 1. The number of amides is 1. The molecule has 4 nitrogen and oxygen atoms in total. The summed E-state index contributed by atoms with van der Waals surface area (Å²) in [6, 6.07) is 10.2. The Hall–Kier alpha value is -1.55. The van der Waals surface area contributed by atoms with Gasteiger partial charge >= 0.3 is 0 Å². The zero-order chi connectivity index (χ0) is 15.7. The molecule has 118 valence electrons. The molecule has 4 heteroatoms. The van der Waals surface area contributed by atoms with E-state index in [1.165, 1.54) is 5.69 Å². The normalized spacial score (nSPS) is 12.0. The van der Waals surface area contributed by atoms with Crippen molar-refractivity contribution in [2.45, 2.75) is 33.2 Å². The van der Waals surface area contributed by atoms with Crippen LogP contribution in [0.1, 0.15) is 27.2 Å². The van der Waals surface area contributed by atoms with Crippen molar-refractivity contribution >= 4 is 11.6 Å². The van der Waals surface area contributed by atoms with Gasteiger partial charge in [0.25, 0.3) is 0 Å². The maximum atomic E-state index is 12.1. The van der Waals surface area contributed by atoms with Crippen molar-refractivity contribution in [3.05, 3.63) is 30.3 Å². The standard InChI is InChI=1S/C17H29N3O/c1-5-20(6-2)17(21)15(3)18-13-10-14-19(4)16-11-8-7-9-12-16/h7-9,11-12,15,18H,5-6,10,13-14H2,1-4H3. The first-order valence-corrected chi connectivity index (χ1v) is 7.88. The lowest BCUT2D eigenvalue weighted by Gasteiger charge is -2.24. The highest BCUT2D eigenvalue weighted by molar-refractivity contribution is 5.81. The number of carbonyl (C=O) groups excluding carboxylic acids is 1. The molecule has 1 aromatic carbocycles. The Morgan fingerprint density at radius 3 is 2.38 bits per heavy atom. The van der Waals surface area contributed by atoms with Crippen LogP contribution in [0.15, 0.2) is 30.3 Å². The molecule has 0 aliphatic rings. The first-order valence-electron chi connectivity index (χ1n) is 7.88. The minimum absolute atomic E-state index is 0.105. The molecule has 0 spiro atoms. The fraction of sp³-hybridized carbons (Fsp3) is 0.588. The highest BCUT2D eigenvalue weighted by atomic mass is 16.2. The summed E-state index contributed by atoms with van der Waals surface area (Å²) in [5.74, 6) is 0.191. The summed E-state index contributed by atoms with van der Waals surface area (Å²) in [6.07, 6.45) is 1.02. The van der Waals surface area contributed by atoms with Crippen LogP contribution in [0.2, 0.25) is 0 Å². The van der Waals surface area contributed by atoms with Gasteiger partial charge in [-0.25, -0.2) is 0 Å². The molecule has 1 amide bonds. The van der Waals surface area contributed by atoms with E-state index >= 15 is 0 Å². The first-order chi connectivity index (χ1) is 10.1. The van der Waals surface area contributed by atoms with Gasteiger partial charge in [0.05, 0.1) is 6.04 Å². The number of hydrogen-bond acceptors (Lipinski definition) is 3. The van der Waals surface area contributed by atoms with Crippen LogP contribution in [-0.2, 0) is 4.79 Å². The third-order valence-electron chi connectivity index (χ3n) is 3.76. The van der Waals surface area contributed by atoms with E-state index in [1.807, 2.05) is 31.7 Å². The Bertz CT molecular complexity index is 404. The molecule has 0 fully saturated rings. The van der Waals surface area contributed by atoms with E-state index in [-0.39, 0.29) is 11.9 Å². The van der Waals surface area contributed by atoms with Gasteiger partial charge < -0.3 is 15.1 Å². The van der Waals surface area contributed by atoms with Crippen molar-refractivity contribution in [1.82, 2.24) is 10.2 Å². The fourth-order valence-corrected chi connectivity index (χ4v) is 2.34. The molecule has 0 saturated heterocycles. The van der Waals surface area contributed by atoms with Crippen molar-refractivity contribution in [1.29, 1.82) is 0 Å². The van der Waals surface area contributed by atoms with E-state index in [0.717, 1.165) is 32.6 Å². The Kier molecular flexibility index (Phi) is 7.83. The van der Waals surface area contributed by atoms with Crippen LogP contribution >= 0.6 is 0 Å². The third-order valence-corrected chi connectivity index (χ3v) is 3.76. The van der Waals surface area contributed by atoms with Crippen LogP contribution in [0.4, 0.5) is 5.69 Å². The second kappa shape index (κ2) is 9.40. The van der Waals surface area contributed by atoms with Gasteiger partial charge in [-0.3, -0.25) is 4.79 Å². The number of nitrogens with one attached hydrogen (secondary N) is 1. The topological polar surface area (TPSA) is 35.6 Å². The van der Waals surface area contributed by atoms with Gasteiger partial charge in [-0.2, -0.15) is 0 Å². The van der Waals surface area contributed by atoms with E-state index in [2.05, 4.69) is 41.5 Å². The third kappa shape index (κ3) is 5.76. The summed E-state index contributed by atoms with van der Waals surface area (Å²) >= 11 is 0. The van der Waals surface area contributed by atoms with Gasteiger partial charge in [0.1, 0.15) is 0 Å². The molecule has 0 bridgehead atoms. The van der Waals surface area contributed by atoms with Gasteiger partial charge in [0.2, 0.25) is 5.91 Å². The molecule has 0 radical (unpaired) electrons. The number of para-hydroxylation sites is 1. The van der Waals surface area contributed by atoms with E-state index in [4.69, 9.17) is 0 Å². The average Bonchev–Trinajstić information content (AvgIpc) is 2.53. The summed E-state index contributed by atoms with van der Waals surface area (Å²) in [5, 5.41) is 3.32. The molecule has 0 aromatic heterocycles. The molecule has 1 rings (SSSR count). The number of nitrogens with zero attached hydrogens (tertiary/aromatic N) is 2. The number of rotatable bonds is 9. The van der Waals surface area contributed by atoms with Crippen LogP contribution < -0.4 is 10.2 Å². The zero-order valence-corrected chi connectivity index (χ0v) is 13.8. The summed E-state index contributed by atoms with van der Waals surface area (Å²) in [4.78, 5) is 16.2. The van der Waals surface area contributed by atoms with Gasteiger partial charge in [0, 0.05) is 32.4 Å². The van der Waals surface area contributed by atoms with Gasteiger partial charge in [-0.15, -0.1) is 0 Å². The summed E-state index contributed by atoms with van der Waals surface area (Å²) in [5.41, 5.74) is 1.23. The van der Waals surface area contributed by atoms with E-state index in [1.54, 1.807) is 0 Å². The Labute approximate surface area is 129 Å². The minimum atomic E-state index is -0.105. The van der Waals surface area contributed by atoms with E-state index in [0.29, 0.717) is 0 Å². The van der Waals surface area contributed by atoms with E-state index in [9.17, 15) is 4.79 Å². The van der Waals surface area contributed by atoms with Crippen molar-refractivity contribution in [3.8, 4) is 0 Å². The molecule has 0 aliphatic carbocycles. The SMILES string of the molecule is CCN(CC)C(=O)C(C)NCCCN(C)c1ccccc1. The highest BCUT2D eigenvalue weighted by Gasteiger charge is 2.16. The summed E-state index contributed by atoms with van der Waals surface area (Å²) < 4.78 is 0. The molecular weight excluding hydrogens is 262 g/mol. The van der Waals surface area contributed by atoms with Crippen LogP contribution in [0.25, 0.3) is 0 Å². The van der Waals surface area contributed by atoms with Crippen molar-refractivity contribution in [2.24, 2.45) is 0 Å². The second-order valence-corrected chi connectivity index (χ2v) is 5.30. The molecule has 1 unspecified atom stereocenters. The van der Waals surface area contributed by atoms with Crippen molar-refractivity contribution in [3.63, 3.8) is 0 Å². The predicted octanol–water partition coefficient (Wildman–Crippen LogP) is 2.36. The lowest BCUT2D eigenvalue weighted by atomic mass is 10.2. The zero-order valence-electron chi connectivity index (χ0n) is 13.8. The number of carbonyl (C=O) groups is 1. The highest BCUT2D eigenvalue weighted by Crippen LogP contribution is 2.10. The maximum Gasteiger partial charge on any atom is 0.239 e. The lowest BCUT2D eigenvalue weighted by Crippen LogP contribution is -2.45. The summed E-state index contributed by atoms with van der Waals surface area (Å²) in [6.45, 7) is 9.36. The Balaban J connectivity index is 2.26. The van der Waals surface area contributed by atoms with Gasteiger partial charge in [-0.05, 0) is 45.9 Å². The number of hydrogen-bond donors (Lipinski definition) is 1. The van der Waals surface area contributed by atoms with Gasteiger partial charge in [-0.1, -0.05) is 18.2 Å². The largest absolute Gasteiger partial charge is 0.375 e. The molecule has 1 aromatic rings. The monoisotopic (exact) mass is 291 g/mol. The van der Waals surface area contributed by atoms with Crippen LogP contribution in [0.3, 0.4) is 0 Å². The van der Waals surface area contributed by atoms with Crippen molar-refractivity contribution < 1.29 is 4.79 Å². The predicted molar refractivity (Wildman–Crippen MR) is 89.7 cm³/mol. The smallest absolute Gasteiger partial charge is 0.239 e. The molecule has 0 saturated carbocycles. The van der Waals surface area contributed by atoms with Crippen LogP contribution in [-0.4, -0.2) is 50.1 Å². The Morgan fingerprint density at radius 1 is 1.19 bits per heavy atom. The molecular formula is C17H29N3O. The molecule has 0 heterocycles. The molecule has 0 aliphatic heterocycles. The average molecular weight is 291 g/mol. The number of anilines is 1. The minimum Gasteiger partial charge on any atom is -0.375 e. The Morgan fingerprint density at radius 2 is 1.81 bits per heavy atom. The van der Waals surface area contributed by atoms with E-state index < -0.39 is 0 Å². The van der Waals surface area contributed by atoms with Crippen LogP contribution in [0, 0.1) is 0 Å². The maximum absolute atomic E-state index is 12.1. The second-order valence-electron chi connectivity index (χ2n) is 5.30. The summed E-state index contributed by atoms with van der Waals surface area (Å²) in [7, 11) is 2.10. The molecule has 1 atom stereocenters. The van der Waals surface area contributed by atoms with Gasteiger partial charge in [0.15, 0.2) is 0 Å². The molecule has 21 heavy (non-hydrogen) atoms. The number of benzene rings is 1.